The van der Waals surface area contributed by atoms with Gasteiger partial charge in [-0.3, -0.25) is 4.79 Å². The molecule has 2 atom stereocenters. The van der Waals surface area contributed by atoms with Gasteiger partial charge < -0.3 is 15.4 Å². The summed E-state index contributed by atoms with van der Waals surface area (Å²) in [6.07, 6.45) is 4.65. The lowest BCUT2D eigenvalue weighted by molar-refractivity contribution is 0.0937. The lowest BCUT2D eigenvalue weighted by Gasteiger charge is -2.11. The van der Waals surface area contributed by atoms with Gasteiger partial charge in [-0.1, -0.05) is 34.1 Å². The van der Waals surface area contributed by atoms with Gasteiger partial charge in [0.25, 0.3) is 5.91 Å². The first-order chi connectivity index (χ1) is 9.67. The van der Waals surface area contributed by atoms with Gasteiger partial charge in [0.05, 0.1) is 0 Å². The van der Waals surface area contributed by atoms with E-state index >= 15 is 0 Å². The largest absolute Gasteiger partial charge is 0.396 e. The number of aliphatic hydroxyl groups excluding tert-OH is 1. The van der Waals surface area contributed by atoms with Crippen LogP contribution in [-0.2, 0) is 0 Å². The number of aromatic amines is 1. The maximum absolute atomic E-state index is 12.2. The molecule has 1 aliphatic rings. The zero-order valence-corrected chi connectivity index (χ0v) is 12.4. The first-order valence-electron chi connectivity index (χ1n) is 6.54. The van der Waals surface area contributed by atoms with Crippen molar-refractivity contribution in [1.82, 2.24) is 10.3 Å². The number of aliphatic hydroxyl groups is 1. The number of H-pyrrole nitrogens is 1. The van der Waals surface area contributed by atoms with Crippen molar-refractivity contribution < 1.29 is 9.90 Å². The van der Waals surface area contributed by atoms with E-state index in [9.17, 15) is 4.79 Å². The molecule has 3 rings (SSSR count). The van der Waals surface area contributed by atoms with Crippen molar-refractivity contribution in [3.63, 3.8) is 0 Å². The van der Waals surface area contributed by atoms with Crippen molar-refractivity contribution in [3.05, 3.63) is 46.6 Å². The molecule has 0 unspecified atom stereocenters. The van der Waals surface area contributed by atoms with Gasteiger partial charge in [0.15, 0.2) is 0 Å². The molecule has 5 heteroatoms. The number of aromatic nitrogens is 1. The number of fused-ring (bicyclic) bond motifs is 1. The highest BCUT2D eigenvalue weighted by molar-refractivity contribution is 9.10. The fourth-order valence-electron chi connectivity index (χ4n) is 2.50. The molecule has 1 aliphatic carbocycles. The molecular weight excluding hydrogens is 320 g/mol. The minimum absolute atomic E-state index is 0.00509. The molecular formula is C15H15BrN2O2. The zero-order chi connectivity index (χ0) is 14.1. The second-order valence-corrected chi connectivity index (χ2v) is 5.88. The Balaban J connectivity index is 1.76. The normalized spacial score (nSPS) is 21.5. The Kier molecular flexibility index (Phi) is 3.63. The van der Waals surface area contributed by atoms with E-state index in [2.05, 4.69) is 26.2 Å². The van der Waals surface area contributed by atoms with Crippen LogP contribution in [0.25, 0.3) is 10.9 Å². The second-order valence-electron chi connectivity index (χ2n) is 5.03. The van der Waals surface area contributed by atoms with E-state index in [1.165, 1.54) is 0 Å². The van der Waals surface area contributed by atoms with Gasteiger partial charge in [-0.2, -0.15) is 0 Å². The number of benzene rings is 1. The number of nitrogens with one attached hydrogen (secondary N) is 2. The van der Waals surface area contributed by atoms with Crippen molar-refractivity contribution in [2.45, 2.75) is 12.5 Å². The van der Waals surface area contributed by atoms with Crippen molar-refractivity contribution in [2.75, 3.05) is 6.61 Å². The third-order valence-corrected chi connectivity index (χ3v) is 4.27. The van der Waals surface area contributed by atoms with Crippen LogP contribution in [0.2, 0.25) is 0 Å². The molecule has 0 bridgehead atoms. The zero-order valence-electron chi connectivity index (χ0n) is 10.8. The molecule has 0 saturated carbocycles. The van der Waals surface area contributed by atoms with Crippen LogP contribution in [0.15, 0.2) is 40.9 Å². The summed E-state index contributed by atoms with van der Waals surface area (Å²) in [6.45, 7) is 0.127. The van der Waals surface area contributed by atoms with Gasteiger partial charge in [0, 0.05) is 33.9 Å². The van der Waals surface area contributed by atoms with E-state index in [0.29, 0.717) is 5.69 Å². The highest BCUT2D eigenvalue weighted by Crippen LogP contribution is 2.24. The Labute approximate surface area is 125 Å². The second kappa shape index (κ2) is 5.42. The topological polar surface area (TPSA) is 65.1 Å². The summed E-state index contributed by atoms with van der Waals surface area (Å²) < 4.78 is 0.964. The predicted molar refractivity (Wildman–Crippen MR) is 81.6 cm³/mol. The molecule has 1 aromatic heterocycles. The molecule has 4 nitrogen and oxygen atoms in total. The summed E-state index contributed by atoms with van der Waals surface area (Å²) >= 11 is 3.47. The van der Waals surface area contributed by atoms with Gasteiger partial charge in [-0.05, 0) is 24.6 Å². The van der Waals surface area contributed by atoms with Crippen LogP contribution >= 0.6 is 15.9 Å². The van der Waals surface area contributed by atoms with Crippen LogP contribution < -0.4 is 5.32 Å². The van der Waals surface area contributed by atoms with Crippen LogP contribution in [0, 0.1) is 5.92 Å². The number of rotatable bonds is 3. The number of carbonyl (C=O) groups is 1. The summed E-state index contributed by atoms with van der Waals surface area (Å²) in [4.78, 5) is 15.3. The first-order valence-corrected chi connectivity index (χ1v) is 7.34. The van der Waals surface area contributed by atoms with E-state index in [4.69, 9.17) is 5.11 Å². The Hall–Kier alpha value is -1.59. The summed E-state index contributed by atoms with van der Waals surface area (Å²) in [5.41, 5.74) is 1.48. The number of carbonyl (C=O) groups excluding carboxylic acids is 1. The maximum Gasteiger partial charge on any atom is 0.268 e. The first kappa shape index (κ1) is 13.4. The van der Waals surface area contributed by atoms with Crippen LogP contribution in [0.5, 0.6) is 0 Å². The molecule has 0 radical (unpaired) electrons. The fraction of sp³-hybridized carbons (Fsp3) is 0.267. The standard InChI is InChI=1S/C15H15BrN2O2/c16-12-2-1-3-13-11(12)7-14(18-13)15(20)17-10-5-4-9(6-10)8-19/h1-5,7,9-10,18-19H,6,8H2,(H,17,20)/t9-,10+/m0/s1. The Morgan fingerprint density at radius 2 is 2.30 bits per heavy atom. The predicted octanol–water partition coefficient (Wildman–Crippen LogP) is 2.60. The van der Waals surface area contributed by atoms with Gasteiger partial charge in [-0.15, -0.1) is 0 Å². The molecule has 1 amide bonds. The molecule has 0 saturated heterocycles. The van der Waals surface area contributed by atoms with Crippen LogP contribution in [-0.4, -0.2) is 28.6 Å². The third-order valence-electron chi connectivity index (χ3n) is 3.58. The molecule has 1 heterocycles. The van der Waals surface area contributed by atoms with Gasteiger partial charge in [0.2, 0.25) is 0 Å². The van der Waals surface area contributed by atoms with E-state index in [0.717, 1.165) is 21.8 Å². The van der Waals surface area contributed by atoms with Crippen molar-refractivity contribution >= 4 is 32.7 Å². The van der Waals surface area contributed by atoms with Crippen LogP contribution in [0.4, 0.5) is 0 Å². The van der Waals surface area contributed by atoms with E-state index in [-0.39, 0.29) is 24.5 Å². The molecule has 1 aromatic carbocycles. The molecule has 0 aliphatic heterocycles. The molecule has 2 aromatic rings. The van der Waals surface area contributed by atoms with Crippen molar-refractivity contribution in [2.24, 2.45) is 5.92 Å². The molecule has 104 valence electrons. The highest BCUT2D eigenvalue weighted by atomic mass is 79.9. The minimum atomic E-state index is -0.124. The van der Waals surface area contributed by atoms with E-state index in [1.54, 1.807) is 0 Å². The molecule has 0 spiro atoms. The number of halogens is 1. The summed E-state index contributed by atoms with van der Waals surface area (Å²) in [7, 11) is 0. The fourth-order valence-corrected chi connectivity index (χ4v) is 2.98. The van der Waals surface area contributed by atoms with Crippen molar-refractivity contribution in [1.29, 1.82) is 0 Å². The van der Waals surface area contributed by atoms with Gasteiger partial charge in [0.1, 0.15) is 5.69 Å². The lowest BCUT2D eigenvalue weighted by atomic mass is 10.1. The molecule has 20 heavy (non-hydrogen) atoms. The Morgan fingerprint density at radius 1 is 1.45 bits per heavy atom. The Morgan fingerprint density at radius 3 is 3.00 bits per heavy atom. The molecule has 3 N–H and O–H groups in total. The maximum atomic E-state index is 12.2. The van der Waals surface area contributed by atoms with Crippen LogP contribution in [0.3, 0.4) is 0 Å². The lowest BCUT2D eigenvalue weighted by Crippen LogP contribution is -2.33. The SMILES string of the molecule is O=C(N[C@@H]1C=C[C@H](CO)C1)c1cc2c(Br)cccc2[nH]1. The average molecular weight is 335 g/mol. The van der Waals surface area contributed by atoms with Crippen LogP contribution in [0.1, 0.15) is 16.9 Å². The summed E-state index contributed by atoms with van der Waals surface area (Å²) in [5, 5.41) is 13.0. The number of hydrogen-bond donors (Lipinski definition) is 3. The Bertz CT molecular complexity index is 678. The quantitative estimate of drug-likeness (QED) is 0.755. The highest BCUT2D eigenvalue weighted by Gasteiger charge is 2.21. The summed E-state index contributed by atoms with van der Waals surface area (Å²) in [6, 6.07) is 7.65. The van der Waals surface area contributed by atoms with Gasteiger partial charge in [-0.25, -0.2) is 0 Å². The number of amides is 1. The summed E-state index contributed by atoms with van der Waals surface area (Å²) in [5.74, 6) is 0.0264. The smallest absolute Gasteiger partial charge is 0.268 e. The van der Waals surface area contributed by atoms with Crippen molar-refractivity contribution in [3.8, 4) is 0 Å². The average Bonchev–Trinajstić information content (AvgIpc) is 3.05. The number of hydrogen-bond acceptors (Lipinski definition) is 2. The minimum Gasteiger partial charge on any atom is -0.396 e. The van der Waals surface area contributed by atoms with E-state index < -0.39 is 0 Å². The monoisotopic (exact) mass is 334 g/mol. The third kappa shape index (κ3) is 2.51. The van der Waals surface area contributed by atoms with Gasteiger partial charge >= 0.3 is 0 Å². The molecule has 0 fully saturated rings. The van der Waals surface area contributed by atoms with E-state index in [1.807, 2.05) is 36.4 Å².